The molecule has 3 rings (SSSR count). The molecule has 5 nitrogen and oxygen atoms in total. The number of hydrogen-bond donors (Lipinski definition) is 0. The minimum atomic E-state index is -3.49. The second-order valence-electron chi connectivity index (χ2n) is 5.24. The molecule has 3 aromatic rings. The maximum atomic E-state index is 13.1. The van der Waals surface area contributed by atoms with Gasteiger partial charge in [-0.3, -0.25) is 0 Å². The van der Waals surface area contributed by atoms with Gasteiger partial charge in [0.15, 0.2) is 0 Å². The van der Waals surface area contributed by atoms with Crippen molar-refractivity contribution < 1.29 is 12.8 Å². The van der Waals surface area contributed by atoms with E-state index in [4.69, 9.17) is 0 Å². The molecule has 1 heterocycles. The van der Waals surface area contributed by atoms with Gasteiger partial charge in [0.25, 0.3) is 10.0 Å². The molecular formula is C16H13BrFN3O2S. The summed E-state index contributed by atoms with van der Waals surface area (Å²) in [4.78, 5) is -0.197. The topological polar surface area (TPSA) is 64.8 Å². The molecule has 0 radical (unpaired) electrons. The van der Waals surface area contributed by atoms with E-state index in [2.05, 4.69) is 26.2 Å². The first-order valence-electron chi connectivity index (χ1n) is 6.98. The average Bonchev–Trinajstić information content (AvgIpc) is 3.05. The molecule has 0 aliphatic rings. The molecule has 2 aromatic carbocycles. The highest BCUT2D eigenvalue weighted by Crippen LogP contribution is 2.36. The van der Waals surface area contributed by atoms with Crippen LogP contribution in [0.1, 0.15) is 16.0 Å². The highest BCUT2D eigenvalue weighted by molar-refractivity contribution is 9.09. The number of aromatic nitrogens is 3. The van der Waals surface area contributed by atoms with E-state index in [0.29, 0.717) is 5.69 Å². The summed E-state index contributed by atoms with van der Waals surface area (Å²) in [5, 5.41) is 7.62. The fourth-order valence-electron chi connectivity index (χ4n) is 2.30. The summed E-state index contributed by atoms with van der Waals surface area (Å²) in [6, 6.07) is 13.6. The number of benzene rings is 2. The van der Waals surface area contributed by atoms with Crippen molar-refractivity contribution in [2.75, 3.05) is 6.26 Å². The molecule has 0 saturated heterocycles. The van der Waals surface area contributed by atoms with E-state index in [0.717, 1.165) is 27.0 Å². The van der Waals surface area contributed by atoms with Gasteiger partial charge in [0.1, 0.15) is 11.5 Å². The Labute approximate surface area is 147 Å². The zero-order valence-corrected chi connectivity index (χ0v) is 15.0. The summed E-state index contributed by atoms with van der Waals surface area (Å²) in [5.41, 5.74) is 2.95. The number of alkyl halides is 1. The quantitative estimate of drug-likeness (QED) is 0.619. The molecule has 24 heavy (non-hydrogen) atoms. The summed E-state index contributed by atoms with van der Waals surface area (Å²) in [6.45, 7) is 0. The third kappa shape index (κ3) is 3.39. The first-order valence-corrected chi connectivity index (χ1v) is 9.74. The zero-order chi connectivity index (χ0) is 17.3. The Morgan fingerprint density at radius 2 is 1.79 bits per heavy atom. The lowest BCUT2D eigenvalue weighted by Crippen LogP contribution is -2.10. The predicted octanol–water partition coefficient (Wildman–Crippen LogP) is 3.38. The minimum Gasteiger partial charge on any atom is -0.207 e. The molecule has 0 saturated carbocycles. The first kappa shape index (κ1) is 16.8. The van der Waals surface area contributed by atoms with E-state index in [1.807, 2.05) is 24.3 Å². The smallest absolute Gasteiger partial charge is 0.207 e. The van der Waals surface area contributed by atoms with Gasteiger partial charge >= 0.3 is 0 Å². The molecule has 0 N–H and O–H groups in total. The van der Waals surface area contributed by atoms with Gasteiger partial charge in [-0.05, 0) is 23.3 Å². The molecule has 0 spiro atoms. The fourth-order valence-corrected chi connectivity index (χ4v) is 3.46. The summed E-state index contributed by atoms with van der Waals surface area (Å²) in [5.74, 6) is -0.303. The third-order valence-corrected chi connectivity index (χ3v) is 5.37. The van der Waals surface area contributed by atoms with Crippen LogP contribution in [0.2, 0.25) is 0 Å². The van der Waals surface area contributed by atoms with Crippen LogP contribution >= 0.6 is 15.9 Å². The molecule has 0 amide bonds. The van der Waals surface area contributed by atoms with Crippen LogP contribution in [0.15, 0.2) is 54.7 Å². The second-order valence-corrected chi connectivity index (χ2v) is 8.00. The van der Waals surface area contributed by atoms with Gasteiger partial charge in [-0.1, -0.05) is 57.5 Å². The van der Waals surface area contributed by atoms with Crippen molar-refractivity contribution in [1.29, 1.82) is 0 Å². The average molecular weight is 410 g/mol. The van der Waals surface area contributed by atoms with E-state index in [1.54, 1.807) is 12.1 Å². The van der Waals surface area contributed by atoms with E-state index >= 15 is 0 Å². The molecule has 1 atom stereocenters. The lowest BCUT2D eigenvalue weighted by Gasteiger charge is -2.14. The Morgan fingerprint density at radius 1 is 1.12 bits per heavy atom. The Bertz CT molecular complexity index is 971. The van der Waals surface area contributed by atoms with Crippen LogP contribution < -0.4 is 0 Å². The third-order valence-electron chi connectivity index (χ3n) is 3.49. The van der Waals surface area contributed by atoms with Crippen LogP contribution in [0.4, 0.5) is 4.39 Å². The predicted molar refractivity (Wildman–Crippen MR) is 92.9 cm³/mol. The van der Waals surface area contributed by atoms with Gasteiger partial charge in [-0.25, -0.2) is 12.8 Å². The van der Waals surface area contributed by atoms with Gasteiger partial charge in [0.2, 0.25) is 0 Å². The highest BCUT2D eigenvalue weighted by atomic mass is 79.9. The maximum absolute atomic E-state index is 13.1. The minimum absolute atomic E-state index is 0.197. The van der Waals surface area contributed by atoms with Crippen molar-refractivity contribution in [1.82, 2.24) is 14.4 Å². The van der Waals surface area contributed by atoms with Gasteiger partial charge in [0.05, 0.1) is 17.3 Å². The monoisotopic (exact) mass is 409 g/mol. The van der Waals surface area contributed by atoms with Crippen LogP contribution in [0.5, 0.6) is 0 Å². The second kappa shape index (κ2) is 6.45. The molecule has 1 unspecified atom stereocenters. The Morgan fingerprint density at radius 3 is 2.42 bits per heavy atom. The van der Waals surface area contributed by atoms with Gasteiger partial charge < -0.3 is 0 Å². The summed E-state index contributed by atoms with van der Waals surface area (Å²) >= 11 is 3.62. The standard InChI is InChI=1S/C16H13BrFN3O2S/c1-24(22,23)21-10-15(19-20-21)13-4-2-3-5-14(13)16(17)11-6-8-12(18)9-7-11/h2-10,16H,1H3. The number of halogens is 2. The van der Waals surface area contributed by atoms with Crippen molar-refractivity contribution in [3.05, 3.63) is 71.7 Å². The molecule has 0 aliphatic heterocycles. The summed E-state index contributed by atoms with van der Waals surface area (Å²) < 4.78 is 37.1. The Hall–Kier alpha value is -2.06. The lowest BCUT2D eigenvalue weighted by molar-refractivity contribution is 0.583. The van der Waals surface area contributed by atoms with Crippen LogP contribution in [-0.4, -0.2) is 29.1 Å². The molecule has 8 heteroatoms. The van der Waals surface area contributed by atoms with Crippen molar-refractivity contribution in [3.8, 4) is 11.3 Å². The largest absolute Gasteiger partial charge is 0.252 e. The van der Waals surface area contributed by atoms with Crippen molar-refractivity contribution in [2.24, 2.45) is 0 Å². The van der Waals surface area contributed by atoms with E-state index in [1.165, 1.54) is 18.3 Å². The molecule has 0 fully saturated rings. The van der Waals surface area contributed by atoms with Crippen LogP contribution in [0.3, 0.4) is 0 Å². The number of hydrogen-bond acceptors (Lipinski definition) is 4. The molecule has 124 valence electrons. The number of rotatable bonds is 4. The van der Waals surface area contributed by atoms with E-state index in [-0.39, 0.29) is 10.6 Å². The van der Waals surface area contributed by atoms with Crippen LogP contribution in [-0.2, 0) is 10.0 Å². The summed E-state index contributed by atoms with van der Waals surface area (Å²) in [6.07, 6.45) is 2.43. The molecule has 0 aliphatic carbocycles. The SMILES string of the molecule is CS(=O)(=O)n1cc(-c2ccccc2C(Br)c2ccc(F)cc2)nn1. The Balaban J connectivity index is 2.05. The summed E-state index contributed by atoms with van der Waals surface area (Å²) in [7, 11) is -3.49. The number of nitrogens with zero attached hydrogens (tertiary/aromatic N) is 3. The van der Waals surface area contributed by atoms with Crippen molar-refractivity contribution in [2.45, 2.75) is 4.83 Å². The fraction of sp³-hybridized carbons (Fsp3) is 0.125. The van der Waals surface area contributed by atoms with Gasteiger partial charge in [0, 0.05) is 5.56 Å². The van der Waals surface area contributed by atoms with Gasteiger partial charge in [-0.2, -0.15) is 0 Å². The zero-order valence-electron chi connectivity index (χ0n) is 12.6. The highest BCUT2D eigenvalue weighted by Gasteiger charge is 2.18. The van der Waals surface area contributed by atoms with E-state index in [9.17, 15) is 12.8 Å². The van der Waals surface area contributed by atoms with E-state index < -0.39 is 10.0 Å². The lowest BCUT2D eigenvalue weighted by atomic mass is 9.98. The molecule has 0 bridgehead atoms. The van der Waals surface area contributed by atoms with Crippen LogP contribution in [0.25, 0.3) is 11.3 Å². The Kier molecular flexibility index (Phi) is 4.51. The molecular weight excluding hydrogens is 397 g/mol. The van der Waals surface area contributed by atoms with Gasteiger partial charge in [-0.15, -0.1) is 9.19 Å². The van der Waals surface area contributed by atoms with Crippen LogP contribution in [0, 0.1) is 5.82 Å². The maximum Gasteiger partial charge on any atom is 0.252 e. The normalized spacial score (nSPS) is 13.0. The molecule has 1 aromatic heterocycles. The first-order chi connectivity index (χ1) is 11.4. The van der Waals surface area contributed by atoms with Crippen molar-refractivity contribution in [3.63, 3.8) is 0 Å². The van der Waals surface area contributed by atoms with Crippen molar-refractivity contribution >= 4 is 26.0 Å².